The Morgan fingerprint density at radius 3 is 2.36 bits per heavy atom. The van der Waals surface area contributed by atoms with E-state index in [1.54, 1.807) is 11.8 Å². The number of hydrogen-bond acceptors (Lipinski definition) is 4. The first-order valence-electron chi connectivity index (χ1n) is 9.87. The molecule has 0 N–H and O–H groups in total. The van der Waals surface area contributed by atoms with Crippen LogP contribution in [0.5, 0.6) is 0 Å². The van der Waals surface area contributed by atoms with Crippen LogP contribution in [-0.2, 0) is 11.3 Å². The van der Waals surface area contributed by atoms with Gasteiger partial charge in [0.15, 0.2) is 5.16 Å². The lowest BCUT2D eigenvalue weighted by atomic mass is 9.48. The molecule has 1 aromatic heterocycles. The summed E-state index contributed by atoms with van der Waals surface area (Å²) in [5.74, 6) is 5.18. The zero-order valence-corrected chi connectivity index (χ0v) is 15.6. The van der Waals surface area contributed by atoms with Gasteiger partial charge < -0.3 is 4.57 Å². The van der Waals surface area contributed by atoms with Crippen LogP contribution in [0, 0.1) is 23.2 Å². The summed E-state index contributed by atoms with van der Waals surface area (Å²) in [5, 5.41) is 9.69. The first kappa shape index (κ1) is 16.1. The fraction of sp³-hybridized carbons (Fsp3) is 0.750. The normalized spacial score (nSPS) is 35.9. The van der Waals surface area contributed by atoms with Gasteiger partial charge in [0.05, 0.1) is 5.75 Å². The number of Topliss-reactive ketones (excluding diaryl/α,β-unsaturated/α-hetero) is 1. The summed E-state index contributed by atoms with van der Waals surface area (Å²) in [7, 11) is 0. The molecule has 0 radical (unpaired) electrons. The number of nitrogens with zero attached hydrogens (tertiary/aromatic N) is 3. The summed E-state index contributed by atoms with van der Waals surface area (Å²) in [6.07, 6.45) is 12.0. The van der Waals surface area contributed by atoms with Gasteiger partial charge in [0.1, 0.15) is 11.6 Å². The van der Waals surface area contributed by atoms with Crippen molar-refractivity contribution in [2.75, 3.05) is 5.75 Å². The van der Waals surface area contributed by atoms with Gasteiger partial charge in [-0.05, 0) is 69.1 Å². The summed E-state index contributed by atoms with van der Waals surface area (Å²) < 4.78 is 2.17. The van der Waals surface area contributed by atoms with Gasteiger partial charge in [-0.25, -0.2) is 0 Å². The number of rotatable bonds is 7. The van der Waals surface area contributed by atoms with Crippen LogP contribution in [0.15, 0.2) is 17.8 Å². The lowest BCUT2D eigenvalue weighted by Crippen LogP contribution is -2.50. The highest BCUT2D eigenvalue weighted by molar-refractivity contribution is 7.99. The van der Waals surface area contributed by atoms with E-state index < -0.39 is 0 Å². The molecule has 5 fully saturated rings. The summed E-state index contributed by atoms with van der Waals surface area (Å²) in [6, 6.07) is 0. The fourth-order valence-corrected chi connectivity index (χ4v) is 7.08. The summed E-state index contributed by atoms with van der Waals surface area (Å²) in [6.45, 7) is 4.61. The molecule has 0 unspecified atom stereocenters. The molecule has 5 aliphatic rings. The number of carbonyl (C=O) groups excluding carboxylic acids is 1. The number of carbonyl (C=O) groups is 1. The molecule has 4 bridgehead atoms. The molecular formula is C20H27N3OS. The number of ketones is 1. The Kier molecular flexibility index (Phi) is 3.84. The minimum atomic E-state index is 0.00433. The van der Waals surface area contributed by atoms with Gasteiger partial charge in [-0.1, -0.05) is 17.8 Å². The van der Waals surface area contributed by atoms with Crippen LogP contribution < -0.4 is 0 Å². The maximum atomic E-state index is 13.2. The van der Waals surface area contributed by atoms with Gasteiger partial charge in [0.2, 0.25) is 0 Å². The molecule has 0 aromatic carbocycles. The molecule has 0 saturated heterocycles. The van der Waals surface area contributed by atoms with E-state index in [0.29, 0.717) is 17.5 Å². The van der Waals surface area contributed by atoms with Crippen LogP contribution in [0.25, 0.3) is 0 Å². The molecule has 0 aliphatic heterocycles. The molecule has 5 aliphatic carbocycles. The quantitative estimate of drug-likeness (QED) is 0.541. The van der Waals surface area contributed by atoms with Crippen LogP contribution in [0.1, 0.15) is 63.1 Å². The Hall–Kier alpha value is -1.10. The Bertz CT molecular complexity index is 671. The smallest absolute Gasteiger partial charge is 0.191 e. The van der Waals surface area contributed by atoms with Crippen molar-refractivity contribution >= 4 is 17.5 Å². The molecule has 6 rings (SSSR count). The van der Waals surface area contributed by atoms with E-state index in [9.17, 15) is 4.79 Å². The summed E-state index contributed by atoms with van der Waals surface area (Å²) in [5.41, 5.74) is 0.00433. The van der Waals surface area contributed by atoms with E-state index in [-0.39, 0.29) is 5.41 Å². The number of hydrogen-bond donors (Lipinski definition) is 0. The number of aromatic nitrogens is 3. The van der Waals surface area contributed by atoms with E-state index in [1.165, 1.54) is 32.1 Å². The van der Waals surface area contributed by atoms with Gasteiger partial charge in [0, 0.05) is 17.9 Å². The first-order valence-corrected chi connectivity index (χ1v) is 10.9. The Morgan fingerprint density at radius 1 is 1.16 bits per heavy atom. The van der Waals surface area contributed by atoms with E-state index in [1.807, 2.05) is 6.08 Å². The van der Waals surface area contributed by atoms with E-state index in [2.05, 4.69) is 21.3 Å². The maximum absolute atomic E-state index is 13.2. The summed E-state index contributed by atoms with van der Waals surface area (Å²) >= 11 is 1.60. The second-order valence-corrected chi connectivity index (χ2v) is 9.87. The van der Waals surface area contributed by atoms with Crippen molar-refractivity contribution in [1.82, 2.24) is 14.8 Å². The SMILES string of the molecule is C=CCn1c(SCC(=O)C23CC4CC(CC(C4)C2)C3)nnc1C1CC1. The molecule has 134 valence electrons. The van der Waals surface area contributed by atoms with Crippen molar-refractivity contribution in [2.24, 2.45) is 23.2 Å². The van der Waals surface area contributed by atoms with E-state index in [4.69, 9.17) is 0 Å². The molecular weight excluding hydrogens is 330 g/mol. The zero-order valence-electron chi connectivity index (χ0n) is 14.8. The highest BCUT2D eigenvalue weighted by Gasteiger charge is 2.54. The van der Waals surface area contributed by atoms with E-state index >= 15 is 0 Å². The first-order chi connectivity index (χ1) is 12.2. The standard InChI is InChI=1S/C20H27N3OS/c1-2-5-23-18(16-3-4-16)21-22-19(23)25-12-17(24)20-9-13-6-14(10-20)8-15(7-13)11-20/h2,13-16H,1,3-12H2. The summed E-state index contributed by atoms with van der Waals surface area (Å²) in [4.78, 5) is 13.2. The highest BCUT2D eigenvalue weighted by atomic mass is 32.2. The number of allylic oxidation sites excluding steroid dienone is 1. The molecule has 0 amide bonds. The van der Waals surface area contributed by atoms with Crippen LogP contribution >= 0.6 is 11.8 Å². The van der Waals surface area contributed by atoms with Gasteiger partial charge in [-0.15, -0.1) is 16.8 Å². The van der Waals surface area contributed by atoms with Gasteiger partial charge in [0.25, 0.3) is 0 Å². The van der Waals surface area contributed by atoms with Crippen LogP contribution in [0.3, 0.4) is 0 Å². The number of thioether (sulfide) groups is 1. The molecule has 5 heteroatoms. The Labute approximate surface area is 153 Å². The molecule has 1 aromatic rings. The molecule has 4 nitrogen and oxygen atoms in total. The lowest BCUT2D eigenvalue weighted by molar-refractivity contribution is -0.141. The highest BCUT2D eigenvalue weighted by Crippen LogP contribution is 2.60. The monoisotopic (exact) mass is 357 g/mol. The van der Waals surface area contributed by atoms with Gasteiger partial charge in [-0.3, -0.25) is 4.79 Å². The van der Waals surface area contributed by atoms with Crippen molar-refractivity contribution in [1.29, 1.82) is 0 Å². The van der Waals surface area contributed by atoms with Crippen LogP contribution in [-0.4, -0.2) is 26.3 Å². The predicted octanol–water partition coefficient (Wildman–Crippen LogP) is 4.22. The third kappa shape index (κ3) is 2.79. The van der Waals surface area contributed by atoms with Crippen molar-refractivity contribution < 1.29 is 4.79 Å². The molecule has 25 heavy (non-hydrogen) atoms. The van der Waals surface area contributed by atoms with Gasteiger partial charge >= 0.3 is 0 Å². The van der Waals surface area contributed by atoms with E-state index in [0.717, 1.165) is 54.5 Å². The zero-order chi connectivity index (χ0) is 17.0. The third-order valence-corrected chi connectivity index (χ3v) is 7.93. The Morgan fingerprint density at radius 2 is 1.80 bits per heavy atom. The second-order valence-electron chi connectivity index (χ2n) is 8.92. The largest absolute Gasteiger partial charge is 0.302 e. The molecule has 1 heterocycles. The molecule has 5 saturated carbocycles. The predicted molar refractivity (Wildman–Crippen MR) is 98.5 cm³/mol. The van der Waals surface area contributed by atoms with Crippen LogP contribution in [0.2, 0.25) is 0 Å². The second kappa shape index (κ2) is 5.97. The topological polar surface area (TPSA) is 47.8 Å². The third-order valence-electron chi connectivity index (χ3n) is 6.96. The van der Waals surface area contributed by atoms with Crippen LogP contribution in [0.4, 0.5) is 0 Å². The average Bonchev–Trinajstić information content (AvgIpc) is 3.34. The van der Waals surface area contributed by atoms with Gasteiger partial charge in [-0.2, -0.15) is 0 Å². The lowest BCUT2D eigenvalue weighted by Gasteiger charge is -2.56. The van der Waals surface area contributed by atoms with Crippen molar-refractivity contribution in [3.63, 3.8) is 0 Å². The van der Waals surface area contributed by atoms with Crippen molar-refractivity contribution in [3.8, 4) is 0 Å². The minimum absolute atomic E-state index is 0.00433. The molecule has 0 atom stereocenters. The van der Waals surface area contributed by atoms with Crippen molar-refractivity contribution in [2.45, 2.75) is 69.0 Å². The minimum Gasteiger partial charge on any atom is -0.302 e. The molecule has 0 spiro atoms. The maximum Gasteiger partial charge on any atom is 0.191 e. The van der Waals surface area contributed by atoms with Crippen molar-refractivity contribution in [3.05, 3.63) is 18.5 Å². The fourth-order valence-electron chi connectivity index (χ4n) is 6.09. The average molecular weight is 358 g/mol. The Balaban J connectivity index is 1.30.